The highest BCUT2D eigenvalue weighted by molar-refractivity contribution is 5.98. The fourth-order valence-electron chi connectivity index (χ4n) is 2.56. The van der Waals surface area contributed by atoms with Gasteiger partial charge >= 0.3 is 0 Å². The highest BCUT2D eigenvalue weighted by Gasteiger charge is 2.26. The smallest absolute Gasteiger partial charge is 0.247 e. The van der Waals surface area contributed by atoms with Crippen LogP contribution in [0.3, 0.4) is 0 Å². The SMILES string of the molecule is CC(=O)Nc1cccc(NC(=O)C2Cc3ccccc3N2)c1. The van der Waals surface area contributed by atoms with Crippen LogP contribution in [-0.2, 0) is 16.0 Å². The van der Waals surface area contributed by atoms with Gasteiger partial charge in [0.05, 0.1) is 0 Å². The molecule has 0 radical (unpaired) electrons. The van der Waals surface area contributed by atoms with Crippen molar-refractivity contribution in [2.24, 2.45) is 0 Å². The van der Waals surface area contributed by atoms with Crippen molar-refractivity contribution in [1.29, 1.82) is 0 Å². The lowest BCUT2D eigenvalue weighted by Crippen LogP contribution is -2.32. The van der Waals surface area contributed by atoms with Crippen LogP contribution in [-0.4, -0.2) is 17.9 Å². The van der Waals surface area contributed by atoms with Crippen LogP contribution >= 0.6 is 0 Å². The minimum atomic E-state index is -0.276. The number of carbonyl (C=O) groups excluding carboxylic acids is 2. The molecule has 0 bridgehead atoms. The molecule has 1 heterocycles. The van der Waals surface area contributed by atoms with E-state index < -0.39 is 0 Å². The Bertz CT molecular complexity index is 702. The zero-order valence-electron chi connectivity index (χ0n) is 12.2. The van der Waals surface area contributed by atoms with Gasteiger partial charge in [-0.15, -0.1) is 0 Å². The second-order valence-electron chi connectivity index (χ2n) is 5.31. The molecule has 0 spiro atoms. The summed E-state index contributed by atoms with van der Waals surface area (Å²) in [6.45, 7) is 1.45. The van der Waals surface area contributed by atoms with Crippen molar-refractivity contribution >= 4 is 28.9 Å². The summed E-state index contributed by atoms with van der Waals surface area (Å²) in [7, 11) is 0. The second-order valence-corrected chi connectivity index (χ2v) is 5.31. The van der Waals surface area contributed by atoms with Gasteiger partial charge in [-0.1, -0.05) is 24.3 Å². The first-order valence-corrected chi connectivity index (χ1v) is 7.15. The Morgan fingerprint density at radius 2 is 1.77 bits per heavy atom. The van der Waals surface area contributed by atoms with Crippen molar-refractivity contribution in [3.63, 3.8) is 0 Å². The number of nitrogens with one attached hydrogen (secondary N) is 3. The van der Waals surface area contributed by atoms with E-state index in [1.54, 1.807) is 24.3 Å². The second kappa shape index (κ2) is 5.89. The normalized spacial score (nSPS) is 15.6. The van der Waals surface area contributed by atoms with Crippen molar-refractivity contribution in [1.82, 2.24) is 0 Å². The molecule has 2 amide bonds. The summed E-state index contributed by atoms with van der Waals surface area (Å²) in [4.78, 5) is 23.4. The Balaban J connectivity index is 1.67. The average molecular weight is 295 g/mol. The third-order valence-electron chi connectivity index (χ3n) is 3.54. The maximum absolute atomic E-state index is 12.4. The minimum absolute atomic E-state index is 0.0869. The molecule has 112 valence electrons. The Morgan fingerprint density at radius 3 is 2.50 bits per heavy atom. The van der Waals surface area contributed by atoms with Crippen LogP contribution < -0.4 is 16.0 Å². The van der Waals surface area contributed by atoms with Crippen molar-refractivity contribution in [3.05, 3.63) is 54.1 Å². The van der Waals surface area contributed by atoms with E-state index in [0.717, 1.165) is 11.3 Å². The summed E-state index contributed by atoms with van der Waals surface area (Å²) in [6, 6.07) is 14.7. The highest BCUT2D eigenvalue weighted by atomic mass is 16.2. The van der Waals surface area contributed by atoms with E-state index in [1.165, 1.54) is 6.92 Å². The van der Waals surface area contributed by atoms with Gasteiger partial charge in [-0.2, -0.15) is 0 Å². The standard InChI is InChI=1S/C17H17N3O2/c1-11(21)18-13-6-4-7-14(10-13)19-17(22)16-9-12-5-2-3-8-15(12)20-16/h2-8,10,16,20H,9H2,1H3,(H,18,21)(H,19,22). The summed E-state index contributed by atoms with van der Waals surface area (Å²) < 4.78 is 0. The molecule has 0 aromatic heterocycles. The fourth-order valence-corrected chi connectivity index (χ4v) is 2.56. The number of amides is 2. The molecular formula is C17H17N3O2. The fraction of sp³-hybridized carbons (Fsp3) is 0.176. The molecule has 1 atom stereocenters. The lowest BCUT2D eigenvalue weighted by atomic mass is 10.1. The van der Waals surface area contributed by atoms with Crippen LogP contribution in [0.5, 0.6) is 0 Å². The number of fused-ring (bicyclic) bond motifs is 1. The van der Waals surface area contributed by atoms with Crippen LogP contribution in [0, 0.1) is 0 Å². The van der Waals surface area contributed by atoms with E-state index in [9.17, 15) is 9.59 Å². The molecule has 2 aromatic rings. The third-order valence-corrected chi connectivity index (χ3v) is 3.54. The number of hydrogen-bond donors (Lipinski definition) is 3. The molecule has 5 heteroatoms. The van der Waals surface area contributed by atoms with Gasteiger partial charge < -0.3 is 16.0 Å². The minimum Gasteiger partial charge on any atom is -0.373 e. The average Bonchev–Trinajstić information content (AvgIpc) is 2.91. The van der Waals surface area contributed by atoms with Gasteiger partial charge in [0.1, 0.15) is 6.04 Å². The Labute approximate surface area is 128 Å². The van der Waals surface area contributed by atoms with Gasteiger partial charge in [-0.25, -0.2) is 0 Å². The van der Waals surface area contributed by atoms with Crippen LogP contribution in [0.25, 0.3) is 0 Å². The van der Waals surface area contributed by atoms with Crippen molar-refractivity contribution < 1.29 is 9.59 Å². The third kappa shape index (κ3) is 3.09. The predicted octanol–water partition coefficient (Wildman–Crippen LogP) is 2.62. The van der Waals surface area contributed by atoms with Crippen molar-refractivity contribution in [2.75, 3.05) is 16.0 Å². The Morgan fingerprint density at radius 1 is 1.05 bits per heavy atom. The zero-order valence-corrected chi connectivity index (χ0v) is 12.2. The maximum atomic E-state index is 12.4. The molecule has 0 aliphatic carbocycles. The van der Waals surface area contributed by atoms with Gasteiger partial charge in [-0.05, 0) is 29.8 Å². The lowest BCUT2D eigenvalue weighted by molar-refractivity contribution is -0.117. The van der Waals surface area contributed by atoms with Crippen LogP contribution in [0.4, 0.5) is 17.1 Å². The van der Waals surface area contributed by atoms with E-state index >= 15 is 0 Å². The first-order chi connectivity index (χ1) is 10.6. The van der Waals surface area contributed by atoms with Gasteiger partial charge in [0.2, 0.25) is 11.8 Å². The van der Waals surface area contributed by atoms with E-state index in [0.29, 0.717) is 17.8 Å². The molecule has 0 fully saturated rings. The van der Waals surface area contributed by atoms with Gasteiger partial charge in [0.25, 0.3) is 0 Å². The zero-order chi connectivity index (χ0) is 15.5. The first kappa shape index (κ1) is 14.1. The molecule has 0 saturated carbocycles. The Hall–Kier alpha value is -2.82. The van der Waals surface area contributed by atoms with Gasteiger partial charge in [-0.3, -0.25) is 9.59 Å². The van der Waals surface area contributed by atoms with E-state index in [2.05, 4.69) is 16.0 Å². The number of para-hydroxylation sites is 1. The molecule has 3 rings (SSSR count). The molecule has 2 aromatic carbocycles. The summed E-state index contributed by atoms with van der Waals surface area (Å²) >= 11 is 0. The van der Waals surface area contributed by atoms with Gasteiger partial charge in [0.15, 0.2) is 0 Å². The number of hydrogen-bond acceptors (Lipinski definition) is 3. The van der Waals surface area contributed by atoms with E-state index in [-0.39, 0.29) is 17.9 Å². The first-order valence-electron chi connectivity index (χ1n) is 7.15. The highest BCUT2D eigenvalue weighted by Crippen LogP contribution is 2.26. The molecule has 1 aliphatic rings. The van der Waals surface area contributed by atoms with Crippen molar-refractivity contribution in [2.45, 2.75) is 19.4 Å². The lowest BCUT2D eigenvalue weighted by Gasteiger charge is -2.13. The molecule has 5 nitrogen and oxygen atoms in total. The summed E-state index contributed by atoms with van der Waals surface area (Å²) in [6.07, 6.45) is 0.674. The summed E-state index contributed by atoms with van der Waals surface area (Å²) in [5.74, 6) is -0.229. The van der Waals surface area contributed by atoms with Crippen LogP contribution in [0.15, 0.2) is 48.5 Å². The molecule has 22 heavy (non-hydrogen) atoms. The maximum Gasteiger partial charge on any atom is 0.247 e. The molecule has 0 saturated heterocycles. The number of rotatable bonds is 3. The monoisotopic (exact) mass is 295 g/mol. The molecule has 3 N–H and O–H groups in total. The van der Waals surface area contributed by atoms with Crippen LogP contribution in [0.2, 0.25) is 0 Å². The number of anilines is 3. The summed E-state index contributed by atoms with van der Waals surface area (Å²) in [5, 5.41) is 8.80. The van der Waals surface area contributed by atoms with Crippen LogP contribution in [0.1, 0.15) is 12.5 Å². The topological polar surface area (TPSA) is 70.2 Å². The largest absolute Gasteiger partial charge is 0.373 e. The van der Waals surface area contributed by atoms with Gasteiger partial charge in [0, 0.05) is 30.4 Å². The van der Waals surface area contributed by atoms with Crippen molar-refractivity contribution in [3.8, 4) is 0 Å². The van der Waals surface area contributed by atoms with E-state index in [1.807, 2.05) is 24.3 Å². The van der Waals surface area contributed by atoms with E-state index in [4.69, 9.17) is 0 Å². The Kier molecular flexibility index (Phi) is 3.78. The molecule has 1 unspecified atom stereocenters. The quantitative estimate of drug-likeness (QED) is 0.815. The number of carbonyl (C=O) groups is 2. The number of benzene rings is 2. The summed E-state index contributed by atoms with van der Waals surface area (Å²) in [5.41, 5.74) is 3.48. The predicted molar refractivity (Wildman–Crippen MR) is 86.9 cm³/mol. The molecule has 1 aliphatic heterocycles. The molecular weight excluding hydrogens is 278 g/mol.